The first-order valence-corrected chi connectivity index (χ1v) is 7.84. The lowest BCUT2D eigenvalue weighted by Gasteiger charge is -2.12. The molecule has 3 nitrogen and oxygen atoms in total. The van der Waals surface area contributed by atoms with Crippen molar-refractivity contribution in [1.29, 1.82) is 0 Å². The Labute approximate surface area is 131 Å². The molecule has 0 radical (unpaired) electrons. The van der Waals surface area contributed by atoms with Crippen LogP contribution in [0.3, 0.4) is 0 Å². The van der Waals surface area contributed by atoms with Crippen molar-refractivity contribution < 1.29 is 0 Å². The first-order chi connectivity index (χ1) is 9.02. The molecule has 1 aromatic carbocycles. The zero-order valence-corrected chi connectivity index (χ0v) is 13.8. The molecule has 0 aliphatic carbocycles. The smallest absolute Gasteiger partial charge is 0.165 e. The number of hydrogen-bond donors (Lipinski definition) is 0. The highest BCUT2D eigenvalue weighted by Crippen LogP contribution is 2.30. The number of alkyl halides is 1. The van der Waals surface area contributed by atoms with E-state index >= 15 is 0 Å². The fraction of sp³-hybridized carbons (Fsp3) is 0.385. The lowest BCUT2D eigenvalue weighted by Crippen LogP contribution is -2.09. The van der Waals surface area contributed by atoms with Gasteiger partial charge < -0.3 is 4.57 Å². The third-order valence-corrected chi connectivity index (χ3v) is 3.73. The van der Waals surface area contributed by atoms with Gasteiger partial charge in [0.1, 0.15) is 5.82 Å². The molecule has 0 amide bonds. The number of hydrogen-bond acceptors (Lipinski definition) is 2. The molecule has 2 rings (SSSR count). The van der Waals surface area contributed by atoms with E-state index in [0.29, 0.717) is 21.3 Å². The van der Waals surface area contributed by atoms with Crippen LogP contribution in [0, 0.1) is 5.92 Å². The minimum Gasteiger partial charge on any atom is -0.310 e. The van der Waals surface area contributed by atoms with E-state index < -0.39 is 0 Å². The molecule has 0 spiro atoms. The number of halogens is 3. The third-order valence-electron chi connectivity index (χ3n) is 2.66. The van der Waals surface area contributed by atoms with Gasteiger partial charge in [-0.3, -0.25) is 0 Å². The van der Waals surface area contributed by atoms with Crippen LogP contribution in [0.2, 0.25) is 10.0 Å². The van der Waals surface area contributed by atoms with Gasteiger partial charge in [-0.2, -0.15) is 0 Å². The van der Waals surface area contributed by atoms with Crippen molar-refractivity contribution in [2.75, 3.05) is 0 Å². The maximum Gasteiger partial charge on any atom is 0.165 e. The predicted molar refractivity (Wildman–Crippen MR) is 82.9 cm³/mol. The standard InChI is InChI=1S/C13H14BrCl2N3/c1-8(2)7-19-12(6-14)17-18-13(19)10-5-9(15)3-4-11(10)16/h3-5,8H,6-7H2,1-2H3. The van der Waals surface area contributed by atoms with Crippen molar-refractivity contribution in [2.24, 2.45) is 5.92 Å². The number of aromatic nitrogens is 3. The van der Waals surface area contributed by atoms with Crippen molar-refractivity contribution >= 4 is 39.1 Å². The molecular weight excluding hydrogens is 349 g/mol. The zero-order chi connectivity index (χ0) is 14.0. The summed E-state index contributed by atoms with van der Waals surface area (Å²) < 4.78 is 2.08. The Kier molecular flexibility index (Phi) is 4.87. The van der Waals surface area contributed by atoms with Gasteiger partial charge in [-0.25, -0.2) is 0 Å². The number of rotatable bonds is 4. The zero-order valence-electron chi connectivity index (χ0n) is 10.7. The first-order valence-electron chi connectivity index (χ1n) is 5.96. The Morgan fingerprint density at radius 2 is 2.00 bits per heavy atom. The van der Waals surface area contributed by atoms with Crippen molar-refractivity contribution in [2.45, 2.75) is 25.7 Å². The van der Waals surface area contributed by atoms with Crippen LogP contribution in [-0.4, -0.2) is 14.8 Å². The van der Waals surface area contributed by atoms with Gasteiger partial charge in [-0.05, 0) is 24.1 Å². The molecule has 0 atom stereocenters. The number of benzene rings is 1. The summed E-state index contributed by atoms with van der Waals surface area (Å²) in [6, 6.07) is 5.37. The predicted octanol–water partition coefficient (Wildman–Crippen LogP) is 4.80. The largest absolute Gasteiger partial charge is 0.310 e. The molecule has 19 heavy (non-hydrogen) atoms. The average molecular weight is 363 g/mol. The van der Waals surface area contributed by atoms with Crippen LogP contribution >= 0.6 is 39.1 Å². The first kappa shape index (κ1) is 14.8. The van der Waals surface area contributed by atoms with E-state index in [1.165, 1.54) is 0 Å². The molecule has 0 unspecified atom stereocenters. The Morgan fingerprint density at radius 3 is 2.63 bits per heavy atom. The Bertz CT molecular complexity index is 581. The molecule has 0 bridgehead atoms. The quantitative estimate of drug-likeness (QED) is 0.731. The van der Waals surface area contributed by atoms with E-state index in [0.717, 1.165) is 23.8 Å². The van der Waals surface area contributed by atoms with E-state index in [1.54, 1.807) is 12.1 Å². The minimum absolute atomic E-state index is 0.491. The second-order valence-corrected chi connectivity index (χ2v) is 6.11. The molecule has 0 aliphatic rings. The molecule has 6 heteroatoms. The molecule has 1 aromatic heterocycles. The Hall–Kier alpha value is -0.580. The lowest BCUT2D eigenvalue weighted by molar-refractivity contribution is 0.516. The van der Waals surface area contributed by atoms with Crippen molar-refractivity contribution in [3.8, 4) is 11.4 Å². The van der Waals surface area contributed by atoms with Gasteiger partial charge in [-0.1, -0.05) is 53.0 Å². The summed E-state index contributed by atoms with van der Waals surface area (Å²) >= 11 is 15.7. The summed E-state index contributed by atoms with van der Waals surface area (Å²) in [5.74, 6) is 2.14. The van der Waals surface area contributed by atoms with Crippen LogP contribution in [0.25, 0.3) is 11.4 Å². The third kappa shape index (κ3) is 3.30. The number of nitrogens with zero attached hydrogens (tertiary/aromatic N) is 3. The van der Waals surface area contributed by atoms with Gasteiger partial charge >= 0.3 is 0 Å². The van der Waals surface area contributed by atoms with Gasteiger partial charge in [0, 0.05) is 17.1 Å². The maximum absolute atomic E-state index is 6.24. The topological polar surface area (TPSA) is 30.7 Å². The lowest BCUT2D eigenvalue weighted by atomic mass is 10.2. The van der Waals surface area contributed by atoms with Crippen LogP contribution in [0.5, 0.6) is 0 Å². The van der Waals surface area contributed by atoms with E-state index in [4.69, 9.17) is 23.2 Å². The Balaban J connectivity index is 2.55. The van der Waals surface area contributed by atoms with Crippen molar-refractivity contribution in [1.82, 2.24) is 14.8 Å². The van der Waals surface area contributed by atoms with Crippen LogP contribution in [0.4, 0.5) is 0 Å². The molecule has 2 aromatic rings. The van der Waals surface area contributed by atoms with Crippen molar-refractivity contribution in [3.05, 3.63) is 34.1 Å². The minimum atomic E-state index is 0.491. The van der Waals surface area contributed by atoms with Crippen LogP contribution in [-0.2, 0) is 11.9 Å². The molecule has 0 N–H and O–H groups in total. The van der Waals surface area contributed by atoms with Crippen LogP contribution in [0.15, 0.2) is 18.2 Å². The fourth-order valence-corrected chi connectivity index (χ4v) is 2.65. The summed E-state index contributed by atoms with van der Waals surface area (Å²) in [4.78, 5) is 0. The molecule has 0 saturated carbocycles. The summed E-state index contributed by atoms with van der Waals surface area (Å²) in [7, 11) is 0. The van der Waals surface area contributed by atoms with Crippen LogP contribution in [0.1, 0.15) is 19.7 Å². The van der Waals surface area contributed by atoms with Gasteiger partial charge in [0.05, 0.1) is 10.4 Å². The molecular formula is C13H14BrCl2N3. The van der Waals surface area contributed by atoms with Gasteiger partial charge in [-0.15, -0.1) is 10.2 Å². The van der Waals surface area contributed by atoms with E-state index in [1.807, 2.05) is 6.07 Å². The van der Waals surface area contributed by atoms with Crippen LogP contribution < -0.4 is 0 Å². The van der Waals surface area contributed by atoms with E-state index in [9.17, 15) is 0 Å². The Morgan fingerprint density at radius 1 is 1.26 bits per heavy atom. The molecule has 0 fully saturated rings. The van der Waals surface area contributed by atoms with E-state index in [-0.39, 0.29) is 0 Å². The average Bonchev–Trinajstić information content (AvgIpc) is 2.74. The summed E-state index contributed by atoms with van der Waals surface area (Å²) in [5.41, 5.74) is 0.814. The summed E-state index contributed by atoms with van der Waals surface area (Å²) in [5, 5.41) is 10.4. The van der Waals surface area contributed by atoms with Gasteiger partial charge in [0.15, 0.2) is 5.82 Å². The SMILES string of the molecule is CC(C)Cn1c(CBr)nnc1-c1cc(Cl)ccc1Cl. The van der Waals surface area contributed by atoms with Gasteiger partial charge in [0.25, 0.3) is 0 Å². The fourth-order valence-electron chi connectivity index (χ4n) is 1.86. The monoisotopic (exact) mass is 361 g/mol. The molecule has 0 saturated heterocycles. The summed E-state index contributed by atoms with van der Waals surface area (Å²) in [6.07, 6.45) is 0. The maximum atomic E-state index is 6.24. The molecule has 1 heterocycles. The highest BCUT2D eigenvalue weighted by atomic mass is 79.9. The highest BCUT2D eigenvalue weighted by molar-refractivity contribution is 9.08. The summed E-state index contributed by atoms with van der Waals surface area (Å²) in [6.45, 7) is 5.15. The molecule has 102 valence electrons. The van der Waals surface area contributed by atoms with Gasteiger partial charge in [0.2, 0.25) is 0 Å². The normalized spacial score (nSPS) is 11.3. The van der Waals surface area contributed by atoms with E-state index in [2.05, 4.69) is 44.5 Å². The second-order valence-electron chi connectivity index (χ2n) is 4.70. The molecule has 0 aliphatic heterocycles. The van der Waals surface area contributed by atoms with Crippen molar-refractivity contribution in [3.63, 3.8) is 0 Å². The second kappa shape index (κ2) is 6.25. The highest BCUT2D eigenvalue weighted by Gasteiger charge is 2.16.